The van der Waals surface area contributed by atoms with E-state index in [-0.39, 0.29) is 13.2 Å². The van der Waals surface area contributed by atoms with Crippen molar-refractivity contribution in [3.63, 3.8) is 0 Å². The second kappa shape index (κ2) is 10.9. The Bertz CT molecular complexity index is 66.2. The van der Waals surface area contributed by atoms with Crippen LogP contribution in [0.4, 0.5) is 0 Å². The van der Waals surface area contributed by atoms with Crippen LogP contribution in [0.2, 0.25) is 0 Å². The fourth-order valence-corrected chi connectivity index (χ4v) is 0.928. The smallest absolute Gasteiger partial charge is 0.0822 e. The third kappa shape index (κ3) is 9.88. The van der Waals surface area contributed by atoms with Crippen molar-refractivity contribution in [2.24, 2.45) is 0 Å². The molecule has 12 heavy (non-hydrogen) atoms. The Balaban J connectivity index is 2.73. The minimum absolute atomic E-state index is 0.0470. The molecule has 0 atom stereocenters. The molecule has 0 aliphatic carbocycles. The van der Waals surface area contributed by atoms with E-state index in [1.54, 1.807) is 0 Å². The maximum Gasteiger partial charge on any atom is 0.0822 e. The first-order valence-corrected chi connectivity index (χ1v) is 4.68. The normalized spacial score (nSPS) is 10.5. The average Bonchev–Trinajstić information content (AvgIpc) is 2.10. The monoisotopic (exact) mass is 175 g/mol. The Hall–Kier alpha value is -0.120. The van der Waals surface area contributed by atoms with Gasteiger partial charge in [-0.25, -0.2) is 5.11 Å². The summed E-state index contributed by atoms with van der Waals surface area (Å²) < 4.78 is 5.22. The minimum Gasteiger partial charge on any atom is -0.396 e. The van der Waals surface area contributed by atoms with E-state index < -0.39 is 0 Å². The first kappa shape index (κ1) is 11.9. The number of hydrogen-bond donors (Lipinski definition) is 1. The van der Waals surface area contributed by atoms with Crippen molar-refractivity contribution in [1.29, 1.82) is 0 Å². The molecule has 0 aromatic rings. The topological polar surface area (TPSA) is 49.4 Å². The zero-order valence-electron chi connectivity index (χ0n) is 7.63. The largest absolute Gasteiger partial charge is 0.396 e. The number of aliphatic hydroxyl groups excluding tert-OH is 1. The summed E-state index contributed by atoms with van der Waals surface area (Å²) in [5, 5.41) is 18.5. The Morgan fingerprint density at radius 1 is 0.917 bits per heavy atom. The van der Waals surface area contributed by atoms with Crippen LogP contribution in [0.15, 0.2) is 0 Å². The highest BCUT2D eigenvalue weighted by Gasteiger charge is 1.90. The highest BCUT2D eigenvalue weighted by atomic mass is 16.5. The van der Waals surface area contributed by atoms with Crippen molar-refractivity contribution in [3.8, 4) is 0 Å². The van der Waals surface area contributed by atoms with Crippen LogP contribution in [-0.4, -0.2) is 31.5 Å². The number of hydrogen-bond acceptors (Lipinski definition) is 2. The summed E-state index contributed by atoms with van der Waals surface area (Å²) >= 11 is 0. The van der Waals surface area contributed by atoms with Gasteiger partial charge in [-0.15, -0.1) is 0 Å². The standard InChI is InChI=1S/C9H19O3/c10-6-3-1-2-4-8-12-9-5-7-11/h11H,1-9H2. The van der Waals surface area contributed by atoms with E-state index in [9.17, 15) is 5.11 Å². The predicted octanol–water partition coefficient (Wildman–Crippen LogP) is 1.38. The number of ether oxygens (including phenoxy) is 1. The van der Waals surface area contributed by atoms with E-state index in [2.05, 4.69) is 0 Å². The number of rotatable bonds is 9. The van der Waals surface area contributed by atoms with Crippen LogP contribution in [0.5, 0.6) is 0 Å². The summed E-state index contributed by atoms with van der Waals surface area (Å²) in [6.07, 6.45) is 4.65. The zero-order chi connectivity index (χ0) is 9.07. The molecule has 0 saturated heterocycles. The van der Waals surface area contributed by atoms with Gasteiger partial charge in [0.25, 0.3) is 0 Å². The van der Waals surface area contributed by atoms with Crippen LogP contribution in [0.25, 0.3) is 0 Å². The maximum absolute atomic E-state index is 10.0. The van der Waals surface area contributed by atoms with E-state index in [4.69, 9.17) is 9.84 Å². The van der Waals surface area contributed by atoms with Crippen LogP contribution in [0.3, 0.4) is 0 Å². The molecule has 0 unspecified atom stereocenters. The summed E-state index contributed by atoms with van der Waals surface area (Å²) in [7, 11) is 0. The van der Waals surface area contributed by atoms with Crippen LogP contribution in [-0.2, 0) is 9.84 Å². The molecule has 0 aliphatic rings. The number of unbranched alkanes of at least 4 members (excludes halogenated alkanes) is 3. The van der Waals surface area contributed by atoms with Crippen molar-refractivity contribution in [3.05, 3.63) is 0 Å². The molecule has 0 fully saturated rings. The first-order valence-electron chi connectivity index (χ1n) is 4.68. The van der Waals surface area contributed by atoms with Crippen molar-refractivity contribution < 1.29 is 14.9 Å². The van der Waals surface area contributed by atoms with Crippen LogP contribution in [0.1, 0.15) is 32.1 Å². The molecule has 0 bridgehead atoms. The predicted molar refractivity (Wildman–Crippen MR) is 46.5 cm³/mol. The second-order valence-corrected chi connectivity index (χ2v) is 2.81. The highest BCUT2D eigenvalue weighted by molar-refractivity contribution is 4.41. The lowest BCUT2D eigenvalue weighted by molar-refractivity contribution is 0.111. The molecule has 0 aliphatic heterocycles. The molecule has 0 heterocycles. The van der Waals surface area contributed by atoms with Gasteiger partial charge in [-0.05, 0) is 19.3 Å². The van der Waals surface area contributed by atoms with Crippen LogP contribution < -0.4 is 0 Å². The zero-order valence-corrected chi connectivity index (χ0v) is 7.63. The van der Waals surface area contributed by atoms with Crippen LogP contribution in [0, 0.1) is 0 Å². The van der Waals surface area contributed by atoms with Gasteiger partial charge in [0, 0.05) is 19.8 Å². The van der Waals surface area contributed by atoms with Gasteiger partial charge >= 0.3 is 0 Å². The molecule has 1 radical (unpaired) electrons. The van der Waals surface area contributed by atoms with Gasteiger partial charge in [0.2, 0.25) is 0 Å². The molecule has 73 valence electrons. The fraction of sp³-hybridized carbons (Fsp3) is 1.00. The summed E-state index contributed by atoms with van der Waals surface area (Å²) in [5.41, 5.74) is 0. The Kier molecular flexibility index (Phi) is 10.8. The molecule has 0 saturated carbocycles. The van der Waals surface area contributed by atoms with Gasteiger partial charge in [-0.3, -0.25) is 0 Å². The van der Waals surface area contributed by atoms with Crippen molar-refractivity contribution >= 4 is 0 Å². The summed E-state index contributed by atoms with van der Waals surface area (Å²) in [6.45, 7) is 1.67. The summed E-state index contributed by atoms with van der Waals surface area (Å²) in [5.74, 6) is 0. The third-order valence-electron chi connectivity index (χ3n) is 1.63. The van der Waals surface area contributed by atoms with E-state index in [0.29, 0.717) is 6.61 Å². The molecule has 0 aromatic heterocycles. The van der Waals surface area contributed by atoms with Gasteiger partial charge in [0.05, 0.1) is 6.61 Å². The lowest BCUT2D eigenvalue weighted by Gasteiger charge is -2.01. The molecule has 3 nitrogen and oxygen atoms in total. The molecule has 0 aromatic carbocycles. The molecule has 0 spiro atoms. The SMILES string of the molecule is [O]CCCCCCOCCCO. The summed E-state index contributed by atoms with van der Waals surface area (Å²) in [4.78, 5) is 0. The lowest BCUT2D eigenvalue weighted by Crippen LogP contribution is -1.99. The van der Waals surface area contributed by atoms with Gasteiger partial charge < -0.3 is 9.84 Å². The molecule has 0 rings (SSSR count). The van der Waals surface area contributed by atoms with Crippen molar-refractivity contribution in [1.82, 2.24) is 0 Å². The average molecular weight is 175 g/mol. The van der Waals surface area contributed by atoms with Gasteiger partial charge in [0.1, 0.15) is 0 Å². The minimum atomic E-state index is 0.0470. The molecular weight excluding hydrogens is 156 g/mol. The number of aliphatic hydroxyl groups is 1. The lowest BCUT2D eigenvalue weighted by atomic mass is 10.2. The maximum atomic E-state index is 10.0. The Labute approximate surface area is 74.4 Å². The molecule has 1 N–H and O–H groups in total. The van der Waals surface area contributed by atoms with Gasteiger partial charge in [0.15, 0.2) is 0 Å². The van der Waals surface area contributed by atoms with Gasteiger partial charge in [-0.1, -0.05) is 12.8 Å². The van der Waals surface area contributed by atoms with Crippen molar-refractivity contribution in [2.45, 2.75) is 32.1 Å². The molecule has 3 heteroatoms. The summed E-state index contributed by atoms with van der Waals surface area (Å²) in [6, 6.07) is 0. The Morgan fingerprint density at radius 2 is 1.58 bits per heavy atom. The van der Waals surface area contributed by atoms with E-state index in [1.165, 1.54) is 0 Å². The highest BCUT2D eigenvalue weighted by Crippen LogP contribution is 1.99. The fourth-order valence-electron chi connectivity index (χ4n) is 0.928. The van der Waals surface area contributed by atoms with E-state index >= 15 is 0 Å². The van der Waals surface area contributed by atoms with Gasteiger partial charge in [-0.2, -0.15) is 0 Å². The third-order valence-corrected chi connectivity index (χ3v) is 1.63. The quantitative estimate of drug-likeness (QED) is 0.538. The second-order valence-electron chi connectivity index (χ2n) is 2.81. The van der Waals surface area contributed by atoms with Crippen LogP contribution >= 0.6 is 0 Å². The molecular formula is C9H19O3. The van der Waals surface area contributed by atoms with Crippen molar-refractivity contribution in [2.75, 3.05) is 26.4 Å². The molecule has 0 amide bonds. The van der Waals surface area contributed by atoms with E-state index in [0.717, 1.165) is 38.7 Å². The van der Waals surface area contributed by atoms with E-state index in [1.807, 2.05) is 0 Å². The Morgan fingerprint density at radius 3 is 2.25 bits per heavy atom. The first-order chi connectivity index (χ1) is 5.91.